The molecular weight excluding hydrogens is 224 g/mol. The Morgan fingerprint density at radius 1 is 1.33 bits per heavy atom. The molecule has 0 unspecified atom stereocenters. The lowest BCUT2D eigenvalue weighted by Gasteiger charge is -2.25. The summed E-state index contributed by atoms with van der Waals surface area (Å²) in [4.78, 5) is 2.33. The molecule has 1 rings (SSSR count). The van der Waals surface area contributed by atoms with Crippen molar-refractivity contribution in [3.63, 3.8) is 0 Å². The van der Waals surface area contributed by atoms with E-state index in [1.165, 1.54) is 0 Å². The summed E-state index contributed by atoms with van der Waals surface area (Å²) in [6.07, 6.45) is 2.33. The molecule has 0 saturated carbocycles. The van der Waals surface area contributed by atoms with Crippen LogP contribution in [0.5, 0.6) is 5.75 Å². The Kier molecular flexibility index (Phi) is 6.24. The van der Waals surface area contributed by atoms with E-state index < -0.39 is 0 Å². The van der Waals surface area contributed by atoms with Gasteiger partial charge < -0.3 is 9.64 Å². The molecule has 0 aromatic heterocycles. The fraction of sp³-hybridized carbons (Fsp3) is 0.533. The van der Waals surface area contributed by atoms with E-state index in [9.17, 15) is 0 Å². The highest BCUT2D eigenvalue weighted by Gasteiger charge is 2.09. The summed E-state index contributed by atoms with van der Waals surface area (Å²) in [5.41, 5.74) is 0.640. The van der Waals surface area contributed by atoms with Crippen LogP contribution in [0.2, 0.25) is 0 Å². The number of nitrogens with zero attached hydrogens (tertiary/aromatic N) is 2. The minimum Gasteiger partial charge on any atom is -0.492 e. The largest absolute Gasteiger partial charge is 0.492 e. The van der Waals surface area contributed by atoms with E-state index in [-0.39, 0.29) is 0 Å². The summed E-state index contributed by atoms with van der Waals surface area (Å²) in [5.74, 6) is 0.770. The maximum atomic E-state index is 8.80. The summed E-state index contributed by atoms with van der Waals surface area (Å²) in [6, 6.07) is 10.0. The topological polar surface area (TPSA) is 36.3 Å². The molecule has 0 aliphatic rings. The highest BCUT2D eigenvalue weighted by Crippen LogP contribution is 2.13. The van der Waals surface area contributed by atoms with Gasteiger partial charge in [0.25, 0.3) is 0 Å². The molecule has 0 heterocycles. The summed E-state index contributed by atoms with van der Waals surface area (Å²) >= 11 is 0. The van der Waals surface area contributed by atoms with Crippen LogP contribution < -0.4 is 4.74 Å². The Labute approximate surface area is 110 Å². The van der Waals surface area contributed by atoms with Gasteiger partial charge in [-0.1, -0.05) is 19.9 Å². The lowest BCUT2D eigenvalue weighted by molar-refractivity contribution is 0.183. The highest BCUT2D eigenvalue weighted by atomic mass is 16.5. The fourth-order valence-corrected chi connectivity index (χ4v) is 2.06. The quantitative estimate of drug-likeness (QED) is 0.742. The average Bonchev–Trinajstić information content (AvgIpc) is 2.40. The number of hydrogen-bond donors (Lipinski definition) is 0. The molecule has 1 aromatic carbocycles. The Morgan fingerprint density at radius 2 is 2.06 bits per heavy atom. The minimum atomic E-state index is 0.624. The van der Waals surface area contributed by atoms with Crippen LogP contribution in [0.3, 0.4) is 0 Å². The molecule has 18 heavy (non-hydrogen) atoms. The van der Waals surface area contributed by atoms with Gasteiger partial charge >= 0.3 is 0 Å². The van der Waals surface area contributed by atoms with Crippen molar-refractivity contribution in [1.29, 1.82) is 5.26 Å². The third kappa shape index (κ3) is 4.38. The van der Waals surface area contributed by atoms with Crippen molar-refractivity contribution in [1.82, 2.24) is 4.90 Å². The molecule has 0 radical (unpaired) electrons. The maximum absolute atomic E-state index is 8.80. The highest BCUT2D eigenvalue weighted by molar-refractivity contribution is 5.36. The molecule has 0 amide bonds. The van der Waals surface area contributed by atoms with Gasteiger partial charge in [0.15, 0.2) is 0 Å². The van der Waals surface area contributed by atoms with E-state index in [0.29, 0.717) is 18.2 Å². The number of hydrogen-bond acceptors (Lipinski definition) is 3. The fourth-order valence-electron chi connectivity index (χ4n) is 2.06. The third-order valence-electron chi connectivity index (χ3n) is 3.24. The first-order valence-electron chi connectivity index (χ1n) is 6.54. The van der Waals surface area contributed by atoms with Crippen LogP contribution in [0, 0.1) is 11.3 Å². The number of rotatable bonds is 7. The van der Waals surface area contributed by atoms with Crippen LogP contribution in [-0.4, -0.2) is 31.1 Å². The summed E-state index contributed by atoms with van der Waals surface area (Å²) in [5, 5.41) is 8.80. The first kappa shape index (κ1) is 14.5. The molecule has 98 valence electrons. The Bertz CT molecular complexity index is 394. The first-order chi connectivity index (χ1) is 8.71. The zero-order chi connectivity index (χ0) is 13.4. The van der Waals surface area contributed by atoms with E-state index >= 15 is 0 Å². The lowest BCUT2D eigenvalue weighted by Crippen LogP contribution is -2.33. The van der Waals surface area contributed by atoms with Gasteiger partial charge in [-0.2, -0.15) is 5.26 Å². The van der Waals surface area contributed by atoms with Gasteiger partial charge in [0.2, 0.25) is 0 Å². The Morgan fingerprint density at radius 3 is 2.67 bits per heavy atom. The van der Waals surface area contributed by atoms with E-state index in [2.05, 4.69) is 31.9 Å². The maximum Gasteiger partial charge on any atom is 0.120 e. The molecule has 0 saturated heterocycles. The van der Waals surface area contributed by atoms with Gasteiger partial charge in [0.05, 0.1) is 11.6 Å². The SMILES string of the molecule is CCC(CC)N(C)CCOc1cccc(C#N)c1. The zero-order valence-electron chi connectivity index (χ0n) is 11.5. The molecule has 0 aliphatic carbocycles. The van der Waals surface area contributed by atoms with Gasteiger partial charge in [-0.15, -0.1) is 0 Å². The van der Waals surface area contributed by atoms with E-state index in [1.54, 1.807) is 12.1 Å². The smallest absolute Gasteiger partial charge is 0.120 e. The van der Waals surface area contributed by atoms with Crippen LogP contribution in [-0.2, 0) is 0 Å². The van der Waals surface area contributed by atoms with Crippen LogP contribution in [0.25, 0.3) is 0 Å². The molecule has 3 nitrogen and oxygen atoms in total. The molecule has 0 bridgehead atoms. The van der Waals surface area contributed by atoms with Crippen LogP contribution in [0.4, 0.5) is 0 Å². The monoisotopic (exact) mass is 246 g/mol. The Hall–Kier alpha value is -1.53. The summed E-state index contributed by atoms with van der Waals surface area (Å²) < 4.78 is 5.67. The number of nitriles is 1. The number of ether oxygens (including phenoxy) is 1. The normalized spacial score (nSPS) is 10.7. The number of likely N-dealkylation sites (N-methyl/N-ethyl adjacent to an activating group) is 1. The second kappa shape index (κ2) is 7.73. The van der Waals surface area contributed by atoms with Crippen molar-refractivity contribution in [2.45, 2.75) is 32.7 Å². The lowest BCUT2D eigenvalue weighted by atomic mass is 10.1. The third-order valence-corrected chi connectivity index (χ3v) is 3.24. The molecular formula is C15H22N2O. The molecule has 0 aliphatic heterocycles. The second-order valence-corrected chi connectivity index (χ2v) is 4.44. The Balaban J connectivity index is 2.39. The van der Waals surface area contributed by atoms with Crippen LogP contribution in [0.1, 0.15) is 32.3 Å². The van der Waals surface area contributed by atoms with E-state index in [4.69, 9.17) is 10.00 Å². The zero-order valence-corrected chi connectivity index (χ0v) is 11.5. The first-order valence-corrected chi connectivity index (χ1v) is 6.54. The summed E-state index contributed by atoms with van der Waals surface area (Å²) in [6.45, 7) is 5.98. The van der Waals surface area contributed by atoms with Crippen molar-refractivity contribution in [2.75, 3.05) is 20.2 Å². The van der Waals surface area contributed by atoms with Crippen molar-refractivity contribution >= 4 is 0 Å². The summed E-state index contributed by atoms with van der Waals surface area (Å²) in [7, 11) is 2.13. The van der Waals surface area contributed by atoms with Crippen molar-refractivity contribution in [3.8, 4) is 11.8 Å². The van der Waals surface area contributed by atoms with Gasteiger partial charge in [-0.05, 0) is 38.1 Å². The minimum absolute atomic E-state index is 0.624. The number of benzene rings is 1. The van der Waals surface area contributed by atoms with Gasteiger partial charge in [0, 0.05) is 12.6 Å². The molecule has 0 fully saturated rings. The van der Waals surface area contributed by atoms with E-state index in [0.717, 1.165) is 25.1 Å². The molecule has 0 spiro atoms. The van der Waals surface area contributed by atoms with Crippen molar-refractivity contribution in [3.05, 3.63) is 29.8 Å². The molecule has 3 heteroatoms. The van der Waals surface area contributed by atoms with Crippen molar-refractivity contribution in [2.24, 2.45) is 0 Å². The van der Waals surface area contributed by atoms with Gasteiger partial charge in [-0.25, -0.2) is 0 Å². The van der Waals surface area contributed by atoms with Crippen LogP contribution in [0.15, 0.2) is 24.3 Å². The molecule has 1 aromatic rings. The van der Waals surface area contributed by atoms with Crippen LogP contribution >= 0.6 is 0 Å². The van der Waals surface area contributed by atoms with Gasteiger partial charge in [-0.3, -0.25) is 0 Å². The predicted molar refractivity (Wildman–Crippen MR) is 73.7 cm³/mol. The van der Waals surface area contributed by atoms with E-state index in [1.807, 2.05) is 12.1 Å². The molecule has 0 atom stereocenters. The van der Waals surface area contributed by atoms with Gasteiger partial charge in [0.1, 0.15) is 12.4 Å². The second-order valence-electron chi connectivity index (χ2n) is 4.44. The average molecular weight is 246 g/mol. The molecule has 0 N–H and O–H groups in total. The van der Waals surface area contributed by atoms with Crippen molar-refractivity contribution < 1.29 is 4.74 Å². The standard InChI is InChI=1S/C15H22N2O/c1-4-14(5-2)17(3)9-10-18-15-8-6-7-13(11-15)12-16/h6-8,11,14H,4-5,9-10H2,1-3H3. The predicted octanol–water partition coefficient (Wildman–Crippen LogP) is 3.06.